The molecule has 0 saturated carbocycles. The summed E-state index contributed by atoms with van der Waals surface area (Å²) < 4.78 is 4.89. The second kappa shape index (κ2) is 7.46. The van der Waals surface area contributed by atoms with Crippen molar-refractivity contribution in [3.8, 4) is 0 Å². The number of esters is 1. The van der Waals surface area contributed by atoms with Gasteiger partial charge in [0.15, 0.2) is 0 Å². The van der Waals surface area contributed by atoms with Crippen LogP contribution in [-0.2, 0) is 16.1 Å². The summed E-state index contributed by atoms with van der Waals surface area (Å²) >= 11 is 0. The van der Waals surface area contributed by atoms with E-state index >= 15 is 0 Å². The first-order valence-corrected chi connectivity index (χ1v) is 6.68. The van der Waals surface area contributed by atoms with E-state index < -0.39 is 0 Å². The van der Waals surface area contributed by atoms with Crippen molar-refractivity contribution in [2.45, 2.75) is 12.5 Å². The van der Waals surface area contributed by atoms with E-state index in [4.69, 9.17) is 4.74 Å². The zero-order valence-corrected chi connectivity index (χ0v) is 11.6. The molecule has 0 aliphatic heterocycles. The van der Waals surface area contributed by atoms with Gasteiger partial charge < -0.3 is 10.1 Å². The van der Waals surface area contributed by atoms with Gasteiger partial charge in [-0.05, 0) is 11.1 Å². The molecule has 0 heterocycles. The number of carbonyl (C=O) groups excluding carboxylic acids is 1. The standard InChI is InChI=1S/C17H19NO2/c1-20-17(19)16(15-10-6-3-7-11-15)13-18-12-14-8-4-2-5-9-14/h2-11,16,18H,12-13H2,1H3/t16-/m1/s1. The quantitative estimate of drug-likeness (QED) is 0.819. The molecule has 20 heavy (non-hydrogen) atoms. The lowest BCUT2D eigenvalue weighted by atomic mass is 9.99. The number of rotatable bonds is 6. The van der Waals surface area contributed by atoms with Gasteiger partial charge in [0.25, 0.3) is 0 Å². The Bertz CT molecular complexity index is 525. The fraction of sp³-hybridized carbons (Fsp3) is 0.235. The average molecular weight is 269 g/mol. The molecule has 2 rings (SSSR count). The molecule has 0 unspecified atom stereocenters. The second-order valence-corrected chi connectivity index (χ2v) is 4.60. The largest absolute Gasteiger partial charge is 0.469 e. The van der Waals surface area contributed by atoms with Gasteiger partial charge in [0.1, 0.15) is 0 Å². The highest BCUT2D eigenvalue weighted by Crippen LogP contribution is 2.16. The topological polar surface area (TPSA) is 38.3 Å². The van der Waals surface area contributed by atoms with Gasteiger partial charge in [-0.25, -0.2) is 0 Å². The number of hydrogen-bond donors (Lipinski definition) is 1. The predicted octanol–water partition coefficient (Wildman–Crippen LogP) is 2.73. The van der Waals surface area contributed by atoms with Crippen LogP contribution in [0.3, 0.4) is 0 Å². The molecular weight excluding hydrogens is 250 g/mol. The molecule has 0 aliphatic carbocycles. The minimum atomic E-state index is -0.273. The Morgan fingerprint density at radius 2 is 1.65 bits per heavy atom. The predicted molar refractivity (Wildman–Crippen MR) is 79.3 cm³/mol. The molecule has 1 atom stereocenters. The molecule has 0 bridgehead atoms. The molecule has 0 amide bonds. The van der Waals surface area contributed by atoms with Gasteiger partial charge in [-0.2, -0.15) is 0 Å². The Morgan fingerprint density at radius 3 is 2.25 bits per heavy atom. The minimum absolute atomic E-state index is 0.211. The molecule has 104 valence electrons. The van der Waals surface area contributed by atoms with Crippen molar-refractivity contribution in [1.29, 1.82) is 0 Å². The van der Waals surface area contributed by atoms with Crippen molar-refractivity contribution >= 4 is 5.97 Å². The normalized spacial score (nSPS) is 11.8. The van der Waals surface area contributed by atoms with Crippen LogP contribution in [0.5, 0.6) is 0 Å². The van der Waals surface area contributed by atoms with Crippen LogP contribution < -0.4 is 5.32 Å². The maximum absolute atomic E-state index is 11.9. The smallest absolute Gasteiger partial charge is 0.314 e. The van der Waals surface area contributed by atoms with Crippen LogP contribution in [0.2, 0.25) is 0 Å². The lowest BCUT2D eigenvalue weighted by Crippen LogP contribution is -2.27. The van der Waals surface area contributed by atoms with E-state index in [0.29, 0.717) is 6.54 Å². The van der Waals surface area contributed by atoms with Crippen LogP contribution in [0, 0.1) is 0 Å². The highest BCUT2D eigenvalue weighted by atomic mass is 16.5. The Morgan fingerprint density at radius 1 is 1.05 bits per heavy atom. The number of methoxy groups -OCH3 is 1. The van der Waals surface area contributed by atoms with Crippen molar-refractivity contribution in [2.75, 3.05) is 13.7 Å². The molecule has 0 spiro atoms. The number of hydrogen-bond acceptors (Lipinski definition) is 3. The fourth-order valence-electron chi connectivity index (χ4n) is 2.12. The first-order valence-electron chi connectivity index (χ1n) is 6.68. The van der Waals surface area contributed by atoms with Crippen LogP contribution in [0.1, 0.15) is 17.0 Å². The highest BCUT2D eigenvalue weighted by molar-refractivity contribution is 5.78. The summed E-state index contributed by atoms with van der Waals surface area (Å²) in [6.45, 7) is 1.30. The van der Waals surface area contributed by atoms with Gasteiger partial charge in [0, 0.05) is 13.1 Å². The molecule has 2 aromatic rings. The second-order valence-electron chi connectivity index (χ2n) is 4.60. The number of ether oxygens (including phenoxy) is 1. The first-order chi connectivity index (χ1) is 9.81. The lowest BCUT2D eigenvalue weighted by Gasteiger charge is -2.16. The van der Waals surface area contributed by atoms with Gasteiger partial charge in [0.05, 0.1) is 13.0 Å². The molecule has 0 fully saturated rings. The Balaban J connectivity index is 1.97. The molecule has 0 aliphatic rings. The Kier molecular flexibility index (Phi) is 5.33. The minimum Gasteiger partial charge on any atom is -0.469 e. The van der Waals surface area contributed by atoms with Gasteiger partial charge in [-0.1, -0.05) is 60.7 Å². The number of carbonyl (C=O) groups is 1. The molecule has 2 aromatic carbocycles. The van der Waals surface area contributed by atoms with E-state index in [1.807, 2.05) is 48.5 Å². The van der Waals surface area contributed by atoms with Gasteiger partial charge in [-0.3, -0.25) is 4.79 Å². The SMILES string of the molecule is COC(=O)[C@H](CNCc1ccccc1)c1ccccc1. The van der Waals surface area contributed by atoms with Crippen molar-refractivity contribution in [1.82, 2.24) is 5.32 Å². The summed E-state index contributed by atoms with van der Waals surface area (Å²) in [5.74, 6) is -0.485. The van der Waals surface area contributed by atoms with Crippen LogP contribution in [0.4, 0.5) is 0 Å². The van der Waals surface area contributed by atoms with Crippen molar-refractivity contribution < 1.29 is 9.53 Å². The summed E-state index contributed by atoms with van der Waals surface area (Å²) in [6.07, 6.45) is 0. The van der Waals surface area contributed by atoms with Crippen LogP contribution in [0.25, 0.3) is 0 Å². The summed E-state index contributed by atoms with van der Waals surface area (Å²) in [7, 11) is 1.43. The Hall–Kier alpha value is -2.13. The van der Waals surface area contributed by atoms with Crippen molar-refractivity contribution in [3.63, 3.8) is 0 Å². The summed E-state index contributed by atoms with van der Waals surface area (Å²) in [5.41, 5.74) is 2.17. The molecule has 0 aromatic heterocycles. The van der Waals surface area contributed by atoms with Gasteiger partial charge >= 0.3 is 5.97 Å². The molecule has 3 heteroatoms. The average Bonchev–Trinajstić information content (AvgIpc) is 2.53. The van der Waals surface area contributed by atoms with Gasteiger partial charge in [-0.15, -0.1) is 0 Å². The van der Waals surface area contributed by atoms with E-state index in [1.165, 1.54) is 12.7 Å². The zero-order chi connectivity index (χ0) is 14.2. The molecule has 0 saturated heterocycles. The summed E-state index contributed by atoms with van der Waals surface area (Å²) in [6, 6.07) is 19.8. The summed E-state index contributed by atoms with van der Waals surface area (Å²) in [5, 5.41) is 3.31. The van der Waals surface area contributed by atoms with Crippen LogP contribution >= 0.6 is 0 Å². The third-order valence-corrected chi connectivity index (χ3v) is 3.21. The third kappa shape index (κ3) is 3.93. The Labute approximate surface area is 119 Å². The maximum atomic E-state index is 11.9. The molecule has 0 radical (unpaired) electrons. The third-order valence-electron chi connectivity index (χ3n) is 3.21. The van der Waals surface area contributed by atoms with E-state index in [0.717, 1.165) is 12.1 Å². The van der Waals surface area contributed by atoms with Crippen LogP contribution in [-0.4, -0.2) is 19.6 Å². The van der Waals surface area contributed by atoms with Crippen molar-refractivity contribution in [3.05, 3.63) is 71.8 Å². The van der Waals surface area contributed by atoms with E-state index in [1.54, 1.807) is 0 Å². The molecular formula is C17H19NO2. The molecule has 3 nitrogen and oxygen atoms in total. The maximum Gasteiger partial charge on any atom is 0.314 e. The number of nitrogens with one attached hydrogen (secondary N) is 1. The molecule has 1 N–H and O–H groups in total. The van der Waals surface area contributed by atoms with E-state index in [2.05, 4.69) is 17.4 Å². The summed E-state index contributed by atoms with van der Waals surface area (Å²) in [4.78, 5) is 11.9. The monoisotopic (exact) mass is 269 g/mol. The van der Waals surface area contributed by atoms with E-state index in [-0.39, 0.29) is 11.9 Å². The fourth-order valence-corrected chi connectivity index (χ4v) is 2.12. The van der Waals surface area contributed by atoms with Gasteiger partial charge in [0.2, 0.25) is 0 Å². The van der Waals surface area contributed by atoms with Crippen LogP contribution in [0.15, 0.2) is 60.7 Å². The zero-order valence-electron chi connectivity index (χ0n) is 11.6. The highest BCUT2D eigenvalue weighted by Gasteiger charge is 2.20. The van der Waals surface area contributed by atoms with E-state index in [9.17, 15) is 4.79 Å². The lowest BCUT2D eigenvalue weighted by molar-refractivity contribution is -0.142. The van der Waals surface area contributed by atoms with Crippen molar-refractivity contribution in [2.24, 2.45) is 0 Å². The number of benzene rings is 2. The first kappa shape index (κ1) is 14.3.